The number of rotatable bonds is 8. The third-order valence-electron chi connectivity index (χ3n) is 3.41. The van der Waals surface area contributed by atoms with Crippen LogP contribution in [0.25, 0.3) is 0 Å². The Morgan fingerprint density at radius 2 is 1.80 bits per heavy atom. The summed E-state index contributed by atoms with van der Waals surface area (Å²) >= 11 is 0. The van der Waals surface area contributed by atoms with Gasteiger partial charge in [-0.15, -0.1) is 0 Å². The second-order valence-corrected chi connectivity index (χ2v) is 7.20. The predicted molar refractivity (Wildman–Crippen MR) is 86.7 cm³/mol. The average molecular weight is 298 g/mol. The molecule has 0 spiro atoms. The van der Waals surface area contributed by atoms with E-state index < -0.39 is 10.0 Å². The molecule has 1 aromatic rings. The lowest BCUT2D eigenvalue weighted by Crippen LogP contribution is -2.21. The molecular formula is C15H26N2O2S. The number of anilines is 2. The summed E-state index contributed by atoms with van der Waals surface area (Å²) in [5.41, 5.74) is 1.55. The predicted octanol–water partition coefficient (Wildman–Crippen LogP) is 3.68. The number of nitrogens with one attached hydrogen (secondary N) is 2. The van der Waals surface area contributed by atoms with Crippen molar-refractivity contribution >= 4 is 21.4 Å². The van der Waals surface area contributed by atoms with Crippen LogP contribution in [0.3, 0.4) is 0 Å². The van der Waals surface area contributed by atoms with Crippen molar-refractivity contribution in [3.8, 4) is 0 Å². The lowest BCUT2D eigenvalue weighted by atomic mass is 9.97. The average Bonchev–Trinajstić information content (AvgIpc) is 2.36. The maximum Gasteiger partial charge on any atom is 0.229 e. The van der Waals surface area contributed by atoms with Gasteiger partial charge in [-0.2, -0.15) is 0 Å². The van der Waals surface area contributed by atoms with E-state index in [1.165, 1.54) is 6.42 Å². The standard InChI is InChI=1S/C15H26N2O2S/c1-5-12(3)10-13(6-2)16-14-8-7-9-15(11-14)17-20(4,18)19/h7-9,11-13,16-17H,5-6,10H2,1-4H3. The van der Waals surface area contributed by atoms with Gasteiger partial charge < -0.3 is 5.32 Å². The van der Waals surface area contributed by atoms with E-state index >= 15 is 0 Å². The molecule has 0 aromatic heterocycles. The lowest BCUT2D eigenvalue weighted by molar-refractivity contribution is 0.462. The molecule has 2 N–H and O–H groups in total. The zero-order valence-electron chi connectivity index (χ0n) is 12.8. The van der Waals surface area contributed by atoms with Crippen LogP contribution in [0, 0.1) is 5.92 Å². The van der Waals surface area contributed by atoms with E-state index in [0.29, 0.717) is 17.6 Å². The lowest BCUT2D eigenvalue weighted by Gasteiger charge is -2.21. The fourth-order valence-corrected chi connectivity index (χ4v) is 2.66. The van der Waals surface area contributed by atoms with Gasteiger partial charge in [0.2, 0.25) is 10.0 Å². The van der Waals surface area contributed by atoms with Gasteiger partial charge in [-0.3, -0.25) is 4.72 Å². The Labute approximate surface area is 123 Å². The highest BCUT2D eigenvalue weighted by Gasteiger charge is 2.11. The van der Waals surface area contributed by atoms with Gasteiger partial charge >= 0.3 is 0 Å². The smallest absolute Gasteiger partial charge is 0.229 e. The summed E-state index contributed by atoms with van der Waals surface area (Å²) in [5.74, 6) is 0.685. The fourth-order valence-electron chi connectivity index (χ4n) is 2.10. The van der Waals surface area contributed by atoms with Crippen molar-refractivity contribution < 1.29 is 8.42 Å². The van der Waals surface area contributed by atoms with Crippen molar-refractivity contribution in [2.45, 2.75) is 46.1 Å². The number of hydrogen-bond donors (Lipinski definition) is 2. The number of benzene rings is 1. The summed E-state index contributed by atoms with van der Waals surface area (Å²) in [6.07, 6.45) is 4.50. The number of hydrogen-bond acceptors (Lipinski definition) is 3. The van der Waals surface area contributed by atoms with Gasteiger partial charge in [-0.1, -0.05) is 33.3 Å². The van der Waals surface area contributed by atoms with Crippen LogP contribution in [0.15, 0.2) is 24.3 Å². The normalized spacial score (nSPS) is 14.6. The third-order valence-corrected chi connectivity index (χ3v) is 4.02. The summed E-state index contributed by atoms with van der Waals surface area (Å²) < 4.78 is 25.0. The molecule has 2 atom stereocenters. The molecule has 0 aliphatic rings. The summed E-state index contributed by atoms with van der Waals surface area (Å²) in [6, 6.07) is 7.82. The van der Waals surface area contributed by atoms with Gasteiger partial charge in [0.1, 0.15) is 0 Å². The maximum atomic E-state index is 11.2. The first kappa shape index (κ1) is 16.8. The van der Waals surface area contributed by atoms with Crippen molar-refractivity contribution in [3.05, 3.63) is 24.3 Å². The molecule has 1 aromatic carbocycles. The fraction of sp³-hybridized carbons (Fsp3) is 0.600. The molecule has 0 aliphatic carbocycles. The molecule has 20 heavy (non-hydrogen) atoms. The van der Waals surface area contributed by atoms with Crippen molar-refractivity contribution in [1.29, 1.82) is 0 Å². The number of sulfonamides is 1. The maximum absolute atomic E-state index is 11.2. The zero-order valence-corrected chi connectivity index (χ0v) is 13.6. The van der Waals surface area contributed by atoms with Gasteiger partial charge in [-0.05, 0) is 37.0 Å². The molecule has 0 fully saturated rings. The Morgan fingerprint density at radius 3 is 2.35 bits per heavy atom. The molecule has 1 rings (SSSR count). The largest absolute Gasteiger partial charge is 0.382 e. The van der Waals surface area contributed by atoms with Crippen LogP contribution in [0.1, 0.15) is 40.0 Å². The topological polar surface area (TPSA) is 58.2 Å². The van der Waals surface area contributed by atoms with Crippen LogP contribution in [0.5, 0.6) is 0 Å². The van der Waals surface area contributed by atoms with Crippen molar-refractivity contribution in [2.24, 2.45) is 5.92 Å². The molecule has 0 bridgehead atoms. The van der Waals surface area contributed by atoms with E-state index in [1.807, 2.05) is 18.2 Å². The van der Waals surface area contributed by atoms with Gasteiger partial charge in [-0.25, -0.2) is 8.42 Å². The van der Waals surface area contributed by atoms with Gasteiger partial charge in [0, 0.05) is 11.7 Å². The van der Waals surface area contributed by atoms with Crippen molar-refractivity contribution in [3.63, 3.8) is 0 Å². The first-order valence-corrected chi connectivity index (χ1v) is 9.07. The van der Waals surface area contributed by atoms with Crippen LogP contribution >= 0.6 is 0 Å². The Hall–Kier alpha value is -1.23. The van der Waals surface area contributed by atoms with E-state index in [-0.39, 0.29) is 0 Å². The third kappa shape index (κ3) is 6.28. The molecule has 4 nitrogen and oxygen atoms in total. The molecule has 0 saturated heterocycles. The highest BCUT2D eigenvalue weighted by molar-refractivity contribution is 7.92. The Kier molecular flexibility index (Phi) is 6.33. The Balaban J connectivity index is 2.73. The molecule has 0 aliphatic heterocycles. The van der Waals surface area contributed by atoms with Gasteiger partial charge in [0.05, 0.1) is 11.9 Å². The summed E-state index contributed by atoms with van der Waals surface area (Å²) in [4.78, 5) is 0. The van der Waals surface area contributed by atoms with Crippen LogP contribution < -0.4 is 10.0 Å². The van der Waals surface area contributed by atoms with E-state index in [4.69, 9.17) is 0 Å². The molecule has 0 saturated carbocycles. The Bertz CT molecular complexity index is 514. The second kappa shape index (κ2) is 7.53. The first-order chi connectivity index (χ1) is 9.34. The molecule has 0 radical (unpaired) electrons. The Morgan fingerprint density at radius 1 is 1.15 bits per heavy atom. The summed E-state index contributed by atoms with van der Waals surface area (Å²) in [6.45, 7) is 6.62. The molecular weight excluding hydrogens is 272 g/mol. The highest BCUT2D eigenvalue weighted by Crippen LogP contribution is 2.20. The van der Waals surface area contributed by atoms with Crippen LogP contribution in [-0.2, 0) is 10.0 Å². The van der Waals surface area contributed by atoms with E-state index in [2.05, 4.69) is 30.8 Å². The van der Waals surface area contributed by atoms with Crippen LogP contribution in [0.4, 0.5) is 11.4 Å². The summed E-state index contributed by atoms with van der Waals surface area (Å²) in [5, 5.41) is 3.49. The minimum atomic E-state index is -3.23. The minimum Gasteiger partial charge on any atom is -0.382 e. The molecule has 0 amide bonds. The zero-order chi connectivity index (χ0) is 15.2. The van der Waals surface area contributed by atoms with Crippen molar-refractivity contribution in [2.75, 3.05) is 16.3 Å². The molecule has 5 heteroatoms. The second-order valence-electron chi connectivity index (χ2n) is 5.45. The quantitative estimate of drug-likeness (QED) is 0.769. The van der Waals surface area contributed by atoms with Gasteiger partial charge in [0.25, 0.3) is 0 Å². The van der Waals surface area contributed by atoms with E-state index in [1.54, 1.807) is 6.07 Å². The van der Waals surface area contributed by atoms with E-state index in [9.17, 15) is 8.42 Å². The minimum absolute atomic E-state index is 0.415. The first-order valence-electron chi connectivity index (χ1n) is 7.18. The SMILES string of the molecule is CCC(C)CC(CC)Nc1cccc(NS(C)(=O)=O)c1. The van der Waals surface area contributed by atoms with Gasteiger partial charge in [0.15, 0.2) is 0 Å². The van der Waals surface area contributed by atoms with Crippen LogP contribution in [-0.4, -0.2) is 20.7 Å². The highest BCUT2D eigenvalue weighted by atomic mass is 32.2. The monoisotopic (exact) mass is 298 g/mol. The van der Waals surface area contributed by atoms with E-state index in [0.717, 1.165) is 24.8 Å². The molecule has 0 heterocycles. The molecule has 2 unspecified atom stereocenters. The van der Waals surface area contributed by atoms with Crippen LogP contribution in [0.2, 0.25) is 0 Å². The molecule has 114 valence electrons. The summed E-state index contributed by atoms with van der Waals surface area (Å²) in [7, 11) is -3.23. The van der Waals surface area contributed by atoms with Crippen molar-refractivity contribution in [1.82, 2.24) is 0 Å².